The summed E-state index contributed by atoms with van der Waals surface area (Å²) in [5.41, 5.74) is 0.393. The van der Waals surface area contributed by atoms with E-state index in [1.807, 2.05) is 4.90 Å². The molecule has 0 bridgehead atoms. The lowest BCUT2D eigenvalue weighted by atomic mass is 9.95. The van der Waals surface area contributed by atoms with E-state index in [4.69, 9.17) is 4.74 Å². The minimum absolute atomic E-state index is 0.0627. The summed E-state index contributed by atoms with van der Waals surface area (Å²) in [7, 11) is 1.78. The Hall–Kier alpha value is -1.93. The van der Waals surface area contributed by atoms with Crippen LogP contribution in [0.2, 0.25) is 0 Å². The molecule has 3 heterocycles. The van der Waals surface area contributed by atoms with Crippen LogP contribution in [-0.2, 0) is 16.6 Å². The van der Waals surface area contributed by atoms with Crippen LogP contribution < -0.4 is 5.32 Å². The van der Waals surface area contributed by atoms with Gasteiger partial charge in [-0.1, -0.05) is 0 Å². The fourth-order valence-corrected chi connectivity index (χ4v) is 4.14. The topological polar surface area (TPSA) is 79.7 Å². The maximum absolute atomic E-state index is 12.3. The highest BCUT2D eigenvalue weighted by Crippen LogP contribution is 2.31. The number of likely N-dealkylation sites (tertiary alicyclic amines) is 1. The molecule has 3 fully saturated rings. The van der Waals surface area contributed by atoms with Crippen molar-refractivity contribution in [1.29, 1.82) is 0 Å². The smallest absolute Gasteiger partial charge is 0.271 e. The molecule has 2 amide bonds. The zero-order valence-electron chi connectivity index (χ0n) is 16.7. The first-order valence-corrected chi connectivity index (χ1v) is 10.5. The van der Waals surface area contributed by atoms with E-state index in [0.29, 0.717) is 24.7 Å². The number of nitrogens with zero attached hydrogens (tertiary/aromatic N) is 4. The molecule has 1 N–H and O–H groups in total. The predicted octanol–water partition coefficient (Wildman–Crippen LogP) is 0.499. The van der Waals surface area contributed by atoms with E-state index in [2.05, 4.69) is 15.3 Å². The highest BCUT2D eigenvalue weighted by atomic mass is 16.5. The fourth-order valence-electron chi connectivity index (χ4n) is 4.14. The molecule has 0 spiro atoms. The number of aromatic nitrogens is 2. The molecule has 0 radical (unpaired) electrons. The number of carbonyl (C=O) groups excluding carboxylic acids is 2. The van der Waals surface area contributed by atoms with Gasteiger partial charge in [-0.25, -0.2) is 0 Å². The molecule has 8 heteroatoms. The summed E-state index contributed by atoms with van der Waals surface area (Å²) in [5, 5.41) is 6.97. The van der Waals surface area contributed by atoms with Crippen LogP contribution in [-0.4, -0.2) is 83.4 Å². The number of carbonyl (C=O) groups is 2. The number of morpholine rings is 1. The average molecular weight is 390 g/mol. The molecule has 2 saturated heterocycles. The normalized spacial score (nSPS) is 24.5. The second-order valence-electron chi connectivity index (χ2n) is 8.50. The van der Waals surface area contributed by atoms with Crippen molar-refractivity contribution in [3.05, 3.63) is 18.0 Å². The number of hydrogen-bond donors (Lipinski definition) is 1. The van der Waals surface area contributed by atoms with E-state index >= 15 is 0 Å². The number of hydrogen-bond acceptors (Lipinski definition) is 5. The Morgan fingerprint density at radius 3 is 2.64 bits per heavy atom. The Morgan fingerprint density at radius 2 is 1.96 bits per heavy atom. The Labute approximate surface area is 166 Å². The van der Waals surface area contributed by atoms with Gasteiger partial charge in [-0.05, 0) is 56.7 Å². The predicted molar refractivity (Wildman–Crippen MR) is 104 cm³/mol. The van der Waals surface area contributed by atoms with Gasteiger partial charge in [-0.3, -0.25) is 14.3 Å². The molecular formula is C20H31N5O3. The van der Waals surface area contributed by atoms with Crippen molar-refractivity contribution >= 4 is 11.8 Å². The van der Waals surface area contributed by atoms with Crippen molar-refractivity contribution in [3.63, 3.8) is 0 Å². The Morgan fingerprint density at radius 1 is 1.21 bits per heavy atom. The molecular weight excluding hydrogens is 358 g/mol. The number of piperidine rings is 1. The van der Waals surface area contributed by atoms with Gasteiger partial charge in [-0.2, -0.15) is 5.10 Å². The number of amides is 2. The molecule has 1 aliphatic carbocycles. The highest BCUT2D eigenvalue weighted by molar-refractivity contribution is 5.92. The summed E-state index contributed by atoms with van der Waals surface area (Å²) in [6.45, 7) is 5.42. The molecule has 4 rings (SSSR count). The van der Waals surface area contributed by atoms with Gasteiger partial charge in [0, 0.05) is 39.4 Å². The van der Waals surface area contributed by atoms with E-state index in [1.54, 1.807) is 24.0 Å². The van der Waals surface area contributed by atoms with Crippen LogP contribution >= 0.6 is 0 Å². The minimum Gasteiger partial charge on any atom is -0.365 e. The van der Waals surface area contributed by atoms with Gasteiger partial charge in [0.25, 0.3) is 5.91 Å². The molecule has 2 aliphatic heterocycles. The number of aryl methyl sites for hydroxylation is 1. The van der Waals surface area contributed by atoms with Gasteiger partial charge in [-0.15, -0.1) is 0 Å². The third-order valence-electron chi connectivity index (χ3n) is 6.05. The third-order valence-corrected chi connectivity index (χ3v) is 6.05. The maximum atomic E-state index is 12.3. The molecule has 0 aromatic carbocycles. The maximum Gasteiger partial charge on any atom is 0.271 e. The SMILES string of the molecule is Cn1ccc(C(=O)NC[C@@H]2CN(CC3CCN(CC4CC4)CC3)C(=O)CO2)n1. The second kappa shape index (κ2) is 8.61. The van der Waals surface area contributed by atoms with E-state index < -0.39 is 0 Å². The Bertz CT molecular complexity index is 694. The summed E-state index contributed by atoms with van der Waals surface area (Å²) in [6.07, 6.45) is 6.71. The van der Waals surface area contributed by atoms with Crippen LogP contribution in [0.25, 0.3) is 0 Å². The van der Waals surface area contributed by atoms with Gasteiger partial charge >= 0.3 is 0 Å². The van der Waals surface area contributed by atoms with Crippen LogP contribution in [0.15, 0.2) is 12.3 Å². The first-order valence-electron chi connectivity index (χ1n) is 10.5. The second-order valence-corrected chi connectivity index (χ2v) is 8.50. The van der Waals surface area contributed by atoms with Crippen molar-refractivity contribution in [2.24, 2.45) is 18.9 Å². The molecule has 1 saturated carbocycles. The van der Waals surface area contributed by atoms with Crippen molar-refractivity contribution in [2.75, 3.05) is 45.9 Å². The Balaban J connectivity index is 1.21. The standard InChI is InChI=1S/C20H31N5O3/c1-23-7-6-18(22-23)20(27)21-10-17-13-25(19(26)14-28-17)12-16-4-8-24(9-5-16)11-15-2-3-15/h6-7,15-17H,2-5,8-14H2,1H3,(H,21,27)/t17-/m1/s1. The third kappa shape index (κ3) is 5.11. The van der Waals surface area contributed by atoms with E-state index in [0.717, 1.165) is 25.6 Å². The van der Waals surface area contributed by atoms with Gasteiger partial charge < -0.3 is 19.9 Å². The van der Waals surface area contributed by atoms with E-state index in [-0.39, 0.29) is 24.5 Å². The van der Waals surface area contributed by atoms with Crippen LogP contribution in [0.4, 0.5) is 0 Å². The van der Waals surface area contributed by atoms with Gasteiger partial charge in [0.1, 0.15) is 12.3 Å². The molecule has 1 atom stereocenters. The monoisotopic (exact) mass is 389 g/mol. The molecule has 1 aromatic heterocycles. The van der Waals surface area contributed by atoms with E-state index in [9.17, 15) is 9.59 Å². The fraction of sp³-hybridized carbons (Fsp3) is 0.750. The number of nitrogens with one attached hydrogen (secondary N) is 1. The summed E-state index contributed by atoms with van der Waals surface area (Å²) >= 11 is 0. The van der Waals surface area contributed by atoms with E-state index in [1.165, 1.54) is 32.2 Å². The molecule has 1 aromatic rings. The van der Waals surface area contributed by atoms with Crippen LogP contribution in [0, 0.1) is 11.8 Å². The molecule has 154 valence electrons. The molecule has 0 unspecified atom stereocenters. The summed E-state index contributed by atoms with van der Waals surface area (Å²) in [5.74, 6) is 1.36. The van der Waals surface area contributed by atoms with Crippen LogP contribution in [0.3, 0.4) is 0 Å². The quantitative estimate of drug-likeness (QED) is 0.735. The number of ether oxygens (including phenoxy) is 1. The largest absolute Gasteiger partial charge is 0.365 e. The summed E-state index contributed by atoms with van der Waals surface area (Å²) < 4.78 is 7.23. The molecule has 28 heavy (non-hydrogen) atoms. The Kier molecular flexibility index (Phi) is 5.96. The average Bonchev–Trinajstić information content (AvgIpc) is 3.40. The summed E-state index contributed by atoms with van der Waals surface area (Å²) in [4.78, 5) is 29.0. The first kappa shape index (κ1) is 19.4. The highest BCUT2D eigenvalue weighted by Gasteiger charge is 2.31. The van der Waals surface area contributed by atoms with Crippen molar-refractivity contribution in [1.82, 2.24) is 24.9 Å². The minimum atomic E-state index is -0.212. The van der Waals surface area contributed by atoms with Crippen molar-refractivity contribution < 1.29 is 14.3 Å². The lowest BCUT2D eigenvalue weighted by Gasteiger charge is -2.38. The lowest BCUT2D eigenvalue weighted by molar-refractivity contribution is -0.149. The number of rotatable bonds is 7. The lowest BCUT2D eigenvalue weighted by Crippen LogP contribution is -2.52. The zero-order chi connectivity index (χ0) is 19.5. The molecule has 3 aliphatic rings. The summed E-state index contributed by atoms with van der Waals surface area (Å²) in [6, 6.07) is 1.68. The zero-order valence-corrected chi connectivity index (χ0v) is 16.7. The van der Waals surface area contributed by atoms with Gasteiger partial charge in [0.05, 0.1) is 6.10 Å². The van der Waals surface area contributed by atoms with Crippen molar-refractivity contribution in [2.45, 2.75) is 31.8 Å². The van der Waals surface area contributed by atoms with Gasteiger partial charge in [0.15, 0.2) is 0 Å². The van der Waals surface area contributed by atoms with Crippen LogP contribution in [0.5, 0.6) is 0 Å². The van der Waals surface area contributed by atoms with Crippen molar-refractivity contribution in [3.8, 4) is 0 Å². The van der Waals surface area contributed by atoms with Gasteiger partial charge in [0.2, 0.25) is 5.91 Å². The van der Waals surface area contributed by atoms with Crippen LogP contribution in [0.1, 0.15) is 36.2 Å². The molecule has 8 nitrogen and oxygen atoms in total. The first-order chi connectivity index (χ1) is 13.6.